The third-order valence-corrected chi connectivity index (χ3v) is 18.2. The van der Waals surface area contributed by atoms with Crippen LogP contribution in [-0.4, -0.2) is 138 Å². The zero-order valence-electron chi connectivity index (χ0n) is 34.1. The largest absolute Gasteiger partial charge is 0.390 e. The lowest BCUT2D eigenvalue weighted by Crippen LogP contribution is -2.71. The number of β-amino-alcohol motifs (C(OH)–C–C–N with tert-alkyl or cyclic N) is 1. The molecule has 10 heteroatoms. The maximum Gasteiger partial charge on any atom is 0.170 e. The van der Waals surface area contributed by atoms with Crippen molar-refractivity contribution >= 4 is 0 Å². The van der Waals surface area contributed by atoms with Crippen molar-refractivity contribution in [1.82, 2.24) is 9.80 Å². The minimum absolute atomic E-state index is 0.000402. The minimum atomic E-state index is -1.02. The summed E-state index contributed by atoms with van der Waals surface area (Å²) in [6.07, 6.45) is 7.61. The number of rotatable bonds is 9. The first kappa shape index (κ1) is 38.1. The second kappa shape index (κ2) is 12.6. The van der Waals surface area contributed by atoms with Gasteiger partial charge in [0.25, 0.3) is 0 Å². The number of aliphatic hydroxyl groups is 3. The molecule has 4 aliphatic heterocycles. The van der Waals surface area contributed by atoms with Crippen LogP contribution in [0, 0.1) is 50.7 Å². The number of nitrogens with zero attached hydrogens (tertiary/aromatic N) is 2. The van der Waals surface area contributed by atoms with Crippen molar-refractivity contribution in [3.8, 4) is 0 Å². The topological polar surface area (TPSA) is 113 Å². The van der Waals surface area contributed by atoms with Crippen LogP contribution >= 0.6 is 0 Å². The van der Waals surface area contributed by atoms with E-state index in [2.05, 4.69) is 44.4 Å². The third-order valence-electron chi connectivity index (χ3n) is 18.2. The molecule has 0 bridgehead atoms. The molecular formula is C43H72N2O8. The summed E-state index contributed by atoms with van der Waals surface area (Å²) in [5.41, 5.74) is -1.28. The molecule has 3 unspecified atom stereocenters. The average Bonchev–Trinajstić information content (AvgIpc) is 3.68. The van der Waals surface area contributed by atoms with Crippen LogP contribution in [0.25, 0.3) is 0 Å². The number of ether oxygens (including phenoxy) is 5. The fraction of sp³-hybridized carbons (Fsp3) is 1.00. The van der Waals surface area contributed by atoms with E-state index in [4.69, 9.17) is 23.7 Å². The first-order valence-corrected chi connectivity index (χ1v) is 21.6. The van der Waals surface area contributed by atoms with Crippen LogP contribution in [0.4, 0.5) is 0 Å². The molecule has 0 amide bonds. The van der Waals surface area contributed by atoms with Gasteiger partial charge in [0.15, 0.2) is 6.29 Å². The maximum absolute atomic E-state index is 12.7. The van der Waals surface area contributed by atoms with E-state index >= 15 is 0 Å². The van der Waals surface area contributed by atoms with E-state index in [9.17, 15) is 15.3 Å². The van der Waals surface area contributed by atoms with Crippen LogP contribution in [0.3, 0.4) is 0 Å². The Bertz CT molecular complexity index is 1400. The van der Waals surface area contributed by atoms with Crippen molar-refractivity contribution < 1.29 is 39.0 Å². The minimum Gasteiger partial charge on any atom is -0.390 e. The van der Waals surface area contributed by atoms with Gasteiger partial charge in [-0.1, -0.05) is 34.6 Å². The van der Waals surface area contributed by atoms with E-state index in [0.29, 0.717) is 61.4 Å². The van der Waals surface area contributed by atoms with E-state index in [1.165, 1.54) is 25.7 Å². The van der Waals surface area contributed by atoms with Gasteiger partial charge in [-0.25, -0.2) is 0 Å². The number of hydrogen-bond acceptors (Lipinski definition) is 10. The monoisotopic (exact) mass is 745 g/mol. The maximum atomic E-state index is 12.7. The molecule has 9 aliphatic rings. The van der Waals surface area contributed by atoms with Crippen LogP contribution < -0.4 is 0 Å². The van der Waals surface area contributed by atoms with E-state index in [-0.39, 0.29) is 46.3 Å². The van der Waals surface area contributed by atoms with Crippen molar-refractivity contribution in [3.05, 3.63) is 0 Å². The molecule has 4 heterocycles. The van der Waals surface area contributed by atoms with E-state index < -0.39 is 23.4 Å². The van der Waals surface area contributed by atoms with Crippen LogP contribution in [-0.2, 0) is 23.7 Å². The molecule has 9 rings (SSSR count). The molecule has 0 aromatic carbocycles. The van der Waals surface area contributed by atoms with Crippen LogP contribution in [0.2, 0.25) is 0 Å². The van der Waals surface area contributed by atoms with Gasteiger partial charge in [-0.05, 0) is 117 Å². The predicted octanol–water partition coefficient (Wildman–Crippen LogP) is 4.46. The van der Waals surface area contributed by atoms with Gasteiger partial charge in [-0.3, -0.25) is 9.80 Å². The highest BCUT2D eigenvalue weighted by Crippen LogP contribution is 2.89. The summed E-state index contributed by atoms with van der Waals surface area (Å²) < 4.78 is 31.8. The van der Waals surface area contributed by atoms with E-state index in [1.54, 1.807) is 0 Å². The number of morpholine rings is 1. The van der Waals surface area contributed by atoms with Crippen LogP contribution in [0.1, 0.15) is 107 Å². The van der Waals surface area contributed by atoms with E-state index in [1.807, 2.05) is 20.8 Å². The standard InChI is InChI=1S/C43H72N2O8/c1-9-50-36(38(5,6)47)28-18-26(2)33-34(52-28)35(46)40(8)30-11-10-29-37(3,4)31(12-13-42(29)22-43(30,42)15-14-39(33,40)7)53-32-19-44(16-17-51-32)23-41(48)24-45(25-41)27-20-49-21-27/h26-36,46-48H,9-25H2,1-8H3/t26-,28?,29+,30?,31+,32+,33+,34?,35+,36+,39-,40-,42-,43+/m1/s1. The Balaban J connectivity index is 0.889. The molecule has 5 aliphatic carbocycles. The molecule has 0 aromatic heterocycles. The second-order valence-corrected chi connectivity index (χ2v) is 21.6. The SMILES string of the molecule is CCO[C@@H](C1C[C@@H](C)[C@H]2C(O1)[C@H](O)[C@@]1(C)C3CC[C@H]4C(C)(C)[C@@H](O[C@H]5CN(CC6(O)CN(C7COC7)C6)CCO5)CC[C@@]45C[C@@]35CC[C@]21C)C(C)(C)O. The fourth-order valence-corrected chi connectivity index (χ4v) is 15.7. The Morgan fingerprint density at radius 2 is 1.70 bits per heavy atom. The highest BCUT2D eigenvalue weighted by atomic mass is 16.7. The lowest BCUT2D eigenvalue weighted by atomic mass is 9.41. The number of hydrogen-bond donors (Lipinski definition) is 3. The molecule has 3 N–H and O–H groups in total. The predicted molar refractivity (Wildman–Crippen MR) is 200 cm³/mol. The number of fused-ring (bicyclic) bond motifs is 4. The van der Waals surface area contributed by atoms with Crippen molar-refractivity contribution in [2.45, 2.75) is 161 Å². The average molecular weight is 745 g/mol. The van der Waals surface area contributed by atoms with Crippen molar-refractivity contribution in [2.24, 2.45) is 50.7 Å². The van der Waals surface area contributed by atoms with Gasteiger partial charge in [0.05, 0.1) is 55.9 Å². The Hall–Kier alpha value is -0.400. The molecule has 5 saturated carbocycles. The summed E-state index contributed by atoms with van der Waals surface area (Å²) in [6.45, 7) is 24.4. The Kier molecular flexibility index (Phi) is 9.03. The second-order valence-electron chi connectivity index (χ2n) is 21.6. The smallest absolute Gasteiger partial charge is 0.170 e. The molecule has 0 radical (unpaired) electrons. The number of aliphatic hydroxyl groups excluding tert-OH is 1. The zero-order valence-corrected chi connectivity index (χ0v) is 34.1. The molecule has 2 spiro atoms. The van der Waals surface area contributed by atoms with Gasteiger partial charge in [-0.15, -0.1) is 0 Å². The molecule has 53 heavy (non-hydrogen) atoms. The van der Waals surface area contributed by atoms with Gasteiger partial charge in [0, 0.05) is 44.7 Å². The van der Waals surface area contributed by atoms with Gasteiger partial charge in [0.1, 0.15) is 11.7 Å². The van der Waals surface area contributed by atoms with Crippen LogP contribution in [0.15, 0.2) is 0 Å². The first-order chi connectivity index (χ1) is 24.9. The Morgan fingerprint density at radius 1 is 0.981 bits per heavy atom. The highest BCUT2D eigenvalue weighted by molar-refractivity contribution is 5.33. The Labute approximate surface area is 318 Å². The molecule has 14 atom stereocenters. The fourth-order valence-electron chi connectivity index (χ4n) is 15.7. The van der Waals surface area contributed by atoms with Crippen molar-refractivity contribution in [2.75, 3.05) is 59.2 Å². The highest BCUT2D eigenvalue weighted by Gasteiger charge is 2.84. The molecule has 4 saturated heterocycles. The quantitative estimate of drug-likeness (QED) is 0.313. The summed E-state index contributed by atoms with van der Waals surface area (Å²) in [4.78, 5) is 4.71. The third kappa shape index (κ3) is 5.38. The Morgan fingerprint density at radius 3 is 2.38 bits per heavy atom. The van der Waals surface area contributed by atoms with Crippen molar-refractivity contribution in [3.63, 3.8) is 0 Å². The van der Waals surface area contributed by atoms with E-state index in [0.717, 1.165) is 58.5 Å². The summed E-state index contributed by atoms with van der Waals surface area (Å²) in [7, 11) is 0. The summed E-state index contributed by atoms with van der Waals surface area (Å²) in [6, 6.07) is 0.478. The lowest BCUT2D eigenvalue weighted by Gasteiger charge is -2.64. The normalized spacial score (nSPS) is 51.1. The van der Waals surface area contributed by atoms with Gasteiger partial charge in [0.2, 0.25) is 0 Å². The molecule has 0 aromatic rings. The van der Waals surface area contributed by atoms with Crippen molar-refractivity contribution in [1.29, 1.82) is 0 Å². The summed E-state index contributed by atoms with van der Waals surface area (Å²) in [5, 5.41) is 35.0. The summed E-state index contributed by atoms with van der Waals surface area (Å²) >= 11 is 0. The molecule has 10 nitrogen and oxygen atoms in total. The van der Waals surface area contributed by atoms with Gasteiger partial charge in [-0.2, -0.15) is 0 Å². The number of likely N-dealkylation sites (tertiary alicyclic amines) is 1. The lowest BCUT2D eigenvalue weighted by molar-refractivity contribution is -0.254. The zero-order chi connectivity index (χ0) is 37.6. The first-order valence-electron chi connectivity index (χ1n) is 21.6. The van der Waals surface area contributed by atoms with Crippen LogP contribution in [0.5, 0.6) is 0 Å². The molecule has 9 fully saturated rings. The summed E-state index contributed by atoms with van der Waals surface area (Å²) in [5.74, 6) is 1.74. The van der Waals surface area contributed by atoms with Gasteiger partial charge >= 0.3 is 0 Å². The molecular weight excluding hydrogens is 672 g/mol. The molecule has 302 valence electrons. The van der Waals surface area contributed by atoms with Gasteiger partial charge < -0.3 is 39.0 Å².